The van der Waals surface area contributed by atoms with E-state index in [-0.39, 0.29) is 11.5 Å². The first-order valence-corrected chi connectivity index (χ1v) is 7.87. The van der Waals surface area contributed by atoms with E-state index >= 15 is 0 Å². The van der Waals surface area contributed by atoms with Gasteiger partial charge in [0.05, 0.1) is 23.9 Å². The average molecular weight is 292 g/mol. The van der Waals surface area contributed by atoms with E-state index in [2.05, 4.69) is 54.9 Å². The number of aromatic nitrogens is 3. The highest BCUT2D eigenvalue weighted by atomic mass is 32.1. The predicted octanol–water partition coefficient (Wildman–Crippen LogP) is 3.53. The van der Waals surface area contributed by atoms with Crippen LogP contribution in [0.15, 0.2) is 17.9 Å². The summed E-state index contributed by atoms with van der Waals surface area (Å²) in [6, 6.07) is 0.492. The largest absolute Gasteiger partial charge is 0.330 e. The van der Waals surface area contributed by atoms with Crippen LogP contribution in [0.1, 0.15) is 63.1 Å². The first-order valence-electron chi connectivity index (χ1n) is 6.99. The van der Waals surface area contributed by atoms with Crippen molar-refractivity contribution in [3.05, 3.63) is 34.3 Å². The third kappa shape index (κ3) is 2.94. The summed E-state index contributed by atoms with van der Waals surface area (Å²) in [5, 5.41) is 6.63. The molecule has 0 radical (unpaired) electrons. The summed E-state index contributed by atoms with van der Waals surface area (Å²) in [5.41, 5.74) is 2.40. The average Bonchev–Trinajstić information content (AvgIpc) is 2.97. The van der Waals surface area contributed by atoms with Crippen LogP contribution in [0.2, 0.25) is 0 Å². The molecule has 1 N–H and O–H groups in total. The van der Waals surface area contributed by atoms with E-state index in [0.717, 1.165) is 16.4 Å². The quantitative estimate of drug-likeness (QED) is 0.937. The Labute approximate surface area is 125 Å². The Hall–Kier alpha value is -1.20. The van der Waals surface area contributed by atoms with Gasteiger partial charge in [-0.3, -0.25) is 0 Å². The van der Waals surface area contributed by atoms with Crippen molar-refractivity contribution in [2.24, 2.45) is 0 Å². The van der Waals surface area contributed by atoms with Crippen LogP contribution in [0.4, 0.5) is 0 Å². The molecule has 1 unspecified atom stereocenters. The summed E-state index contributed by atoms with van der Waals surface area (Å²) in [6.07, 6.45) is 3.82. The first kappa shape index (κ1) is 15.2. The van der Waals surface area contributed by atoms with Gasteiger partial charge in [0.1, 0.15) is 11.0 Å². The van der Waals surface area contributed by atoms with Crippen molar-refractivity contribution in [3.8, 4) is 0 Å². The van der Waals surface area contributed by atoms with Crippen LogP contribution < -0.4 is 5.32 Å². The predicted molar refractivity (Wildman–Crippen MR) is 84.3 cm³/mol. The van der Waals surface area contributed by atoms with Gasteiger partial charge >= 0.3 is 0 Å². The fourth-order valence-corrected chi connectivity index (χ4v) is 3.30. The molecule has 20 heavy (non-hydrogen) atoms. The molecule has 0 aliphatic rings. The molecule has 0 saturated heterocycles. The lowest BCUT2D eigenvalue weighted by molar-refractivity contribution is 0.529. The maximum atomic E-state index is 4.82. The molecule has 2 rings (SSSR count). The smallest absolute Gasteiger partial charge is 0.116 e. The van der Waals surface area contributed by atoms with Crippen LogP contribution in [-0.2, 0) is 5.41 Å². The summed E-state index contributed by atoms with van der Waals surface area (Å²) in [6.45, 7) is 10.9. The van der Waals surface area contributed by atoms with Crippen LogP contribution >= 0.6 is 11.3 Å². The molecule has 0 fully saturated rings. The molecule has 110 valence electrons. The molecule has 0 aliphatic carbocycles. The van der Waals surface area contributed by atoms with Gasteiger partial charge in [0.25, 0.3) is 0 Å². The lowest BCUT2D eigenvalue weighted by Crippen LogP contribution is -2.22. The van der Waals surface area contributed by atoms with Crippen LogP contribution in [0, 0.1) is 0 Å². The summed E-state index contributed by atoms with van der Waals surface area (Å²) in [7, 11) is 1.97. The van der Waals surface area contributed by atoms with E-state index in [1.54, 1.807) is 11.3 Å². The minimum absolute atomic E-state index is 0.0886. The van der Waals surface area contributed by atoms with Gasteiger partial charge in [-0.05, 0) is 20.9 Å². The maximum absolute atomic E-state index is 4.82. The van der Waals surface area contributed by atoms with Gasteiger partial charge in [0.15, 0.2) is 0 Å². The molecule has 0 amide bonds. The zero-order valence-electron chi connectivity index (χ0n) is 13.1. The lowest BCUT2D eigenvalue weighted by atomic mass is 9.93. The molecule has 2 heterocycles. The Balaban J connectivity index is 2.38. The Morgan fingerprint density at radius 2 is 2.00 bits per heavy atom. The molecule has 5 heteroatoms. The van der Waals surface area contributed by atoms with Crippen molar-refractivity contribution < 1.29 is 0 Å². The lowest BCUT2D eigenvalue weighted by Gasteiger charge is -2.19. The molecule has 0 spiro atoms. The highest BCUT2D eigenvalue weighted by molar-refractivity contribution is 7.09. The maximum Gasteiger partial charge on any atom is 0.116 e. The number of imidazole rings is 1. The van der Waals surface area contributed by atoms with Crippen molar-refractivity contribution >= 4 is 11.3 Å². The zero-order chi connectivity index (χ0) is 14.9. The van der Waals surface area contributed by atoms with E-state index in [0.29, 0.717) is 6.04 Å². The van der Waals surface area contributed by atoms with E-state index in [9.17, 15) is 0 Å². The molecule has 4 nitrogen and oxygen atoms in total. The zero-order valence-corrected chi connectivity index (χ0v) is 14.0. The van der Waals surface area contributed by atoms with Crippen LogP contribution in [0.25, 0.3) is 0 Å². The van der Waals surface area contributed by atoms with E-state index < -0.39 is 0 Å². The number of nitrogens with one attached hydrogen (secondary N) is 1. The second kappa shape index (κ2) is 5.66. The minimum Gasteiger partial charge on any atom is -0.330 e. The molecule has 2 aromatic heterocycles. The molecule has 2 aromatic rings. The van der Waals surface area contributed by atoms with Crippen molar-refractivity contribution in [1.82, 2.24) is 19.9 Å². The van der Waals surface area contributed by atoms with Crippen LogP contribution in [0.5, 0.6) is 0 Å². The number of hydrogen-bond donors (Lipinski definition) is 1. The van der Waals surface area contributed by atoms with Crippen molar-refractivity contribution in [1.29, 1.82) is 0 Å². The fourth-order valence-electron chi connectivity index (χ4n) is 2.13. The molecule has 0 bridgehead atoms. The van der Waals surface area contributed by atoms with Gasteiger partial charge in [-0.15, -0.1) is 11.3 Å². The third-order valence-corrected chi connectivity index (χ3v) is 4.28. The highest BCUT2D eigenvalue weighted by Gasteiger charge is 2.24. The van der Waals surface area contributed by atoms with Crippen molar-refractivity contribution in [2.75, 3.05) is 7.05 Å². The van der Waals surface area contributed by atoms with E-state index in [4.69, 9.17) is 4.98 Å². The summed E-state index contributed by atoms with van der Waals surface area (Å²) < 4.78 is 2.19. The molecular weight excluding hydrogens is 268 g/mol. The topological polar surface area (TPSA) is 42.7 Å². The van der Waals surface area contributed by atoms with Crippen molar-refractivity contribution in [3.63, 3.8) is 0 Å². The molecule has 1 atom stereocenters. The second-order valence-electron chi connectivity index (χ2n) is 6.36. The molecule has 0 saturated carbocycles. The summed E-state index contributed by atoms with van der Waals surface area (Å²) in [4.78, 5) is 9.12. The monoisotopic (exact) mass is 292 g/mol. The number of nitrogens with zero attached hydrogens (tertiary/aromatic N) is 3. The molecular formula is C15H24N4S. The Morgan fingerprint density at radius 1 is 1.30 bits per heavy atom. The number of thiazole rings is 1. The number of rotatable bonds is 4. The fraction of sp³-hybridized carbons (Fsp3) is 0.600. The standard InChI is InChI=1S/C15H24N4S/c1-10(2)19-9-17-7-11(19)13(16-6)14-18-12(8-20-14)15(3,4)5/h7-10,13,16H,1-6H3. The van der Waals surface area contributed by atoms with Gasteiger partial charge in [-0.1, -0.05) is 20.8 Å². The van der Waals surface area contributed by atoms with Gasteiger partial charge < -0.3 is 9.88 Å². The van der Waals surface area contributed by atoms with E-state index in [1.807, 2.05) is 19.6 Å². The van der Waals surface area contributed by atoms with Crippen LogP contribution in [0.3, 0.4) is 0 Å². The second-order valence-corrected chi connectivity index (χ2v) is 7.25. The van der Waals surface area contributed by atoms with Gasteiger partial charge in [-0.2, -0.15) is 0 Å². The Morgan fingerprint density at radius 3 is 2.50 bits per heavy atom. The van der Waals surface area contributed by atoms with Gasteiger partial charge in [-0.25, -0.2) is 9.97 Å². The Kier molecular flexibility index (Phi) is 4.30. The summed E-state index contributed by atoms with van der Waals surface area (Å²) in [5.74, 6) is 0. The van der Waals surface area contributed by atoms with Gasteiger partial charge in [0, 0.05) is 16.8 Å². The third-order valence-electron chi connectivity index (χ3n) is 3.37. The Bertz CT molecular complexity index is 562. The minimum atomic E-state index is 0.0886. The van der Waals surface area contributed by atoms with E-state index in [1.165, 1.54) is 0 Å². The molecule has 0 aliphatic heterocycles. The first-order chi connectivity index (χ1) is 9.34. The summed E-state index contributed by atoms with van der Waals surface area (Å²) >= 11 is 1.71. The van der Waals surface area contributed by atoms with Crippen molar-refractivity contribution in [2.45, 2.75) is 52.1 Å². The number of hydrogen-bond acceptors (Lipinski definition) is 4. The van der Waals surface area contributed by atoms with Gasteiger partial charge in [0.2, 0.25) is 0 Å². The highest BCUT2D eigenvalue weighted by Crippen LogP contribution is 2.30. The SMILES string of the molecule is CNC(c1nc(C(C)(C)C)cs1)c1cncn1C(C)C. The van der Waals surface area contributed by atoms with Crippen LogP contribution in [-0.4, -0.2) is 21.6 Å². The molecule has 0 aromatic carbocycles. The normalized spacial score (nSPS) is 13.9.